The summed E-state index contributed by atoms with van der Waals surface area (Å²) >= 11 is 1.15. The smallest absolute Gasteiger partial charge is 0.263 e. The Labute approximate surface area is 221 Å². The highest BCUT2D eigenvalue weighted by atomic mass is 32.1. The maximum atomic E-state index is 13.4. The lowest BCUT2D eigenvalue weighted by atomic mass is 9.93. The molecule has 1 aromatic heterocycles. The van der Waals surface area contributed by atoms with Crippen LogP contribution in [0.2, 0.25) is 0 Å². The second-order valence-corrected chi connectivity index (χ2v) is 11.0. The van der Waals surface area contributed by atoms with Gasteiger partial charge in [-0.1, -0.05) is 36.8 Å². The Hall–Kier alpha value is -3.14. The van der Waals surface area contributed by atoms with Crippen molar-refractivity contribution in [1.82, 2.24) is 15.6 Å². The first kappa shape index (κ1) is 28.4. The SMILES string of the molecule is COC(O)C(C)CC(NC(=O)c1cnc(-c2ccc(F)cc2)s1)C(=O)NC(C)(C)Cc1ccc(C)cc1. The van der Waals surface area contributed by atoms with Crippen LogP contribution in [0.25, 0.3) is 10.6 Å². The molecule has 0 bridgehead atoms. The van der Waals surface area contributed by atoms with Crippen molar-refractivity contribution in [3.05, 3.63) is 76.5 Å². The molecule has 198 valence electrons. The van der Waals surface area contributed by atoms with Crippen LogP contribution in [0.5, 0.6) is 0 Å². The van der Waals surface area contributed by atoms with Crippen molar-refractivity contribution in [2.45, 2.75) is 58.4 Å². The molecule has 0 fully saturated rings. The van der Waals surface area contributed by atoms with E-state index < -0.39 is 29.7 Å². The Morgan fingerprint density at radius 2 is 1.78 bits per heavy atom. The summed E-state index contributed by atoms with van der Waals surface area (Å²) in [6.07, 6.45) is 1.12. The maximum Gasteiger partial charge on any atom is 0.263 e. The number of nitrogens with zero attached hydrogens (tertiary/aromatic N) is 1. The first-order valence-corrected chi connectivity index (χ1v) is 12.9. The van der Waals surface area contributed by atoms with Gasteiger partial charge in [0.25, 0.3) is 5.91 Å². The minimum Gasteiger partial charge on any atom is -0.368 e. The van der Waals surface area contributed by atoms with Gasteiger partial charge < -0.3 is 20.5 Å². The summed E-state index contributed by atoms with van der Waals surface area (Å²) in [6, 6.07) is 13.0. The van der Waals surface area contributed by atoms with Crippen molar-refractivity contribution in [2.24, 2.45) is 5.92 Å². The van der Waals surface area contributed by atoms with Gasteiger partial charge in [0.2, 0.25) is 5.91 Å². The second-order valence-electron chi connectivity index (χ2n) is 9.94. The molecule has 37 heavy (non-hydrogen) atoms. The van der Waals surface area contributed by atoms with Crippen LogP contribution in [0.1, 0.15) is 48.0 Å². The molecule has 0 aliphatic heterocycles. The molecular weight excluding hydrogens is 493 g/mol. The van der Waals surface area contributed by atoms with Crippen LogP contribution in [0, 0.1) is 18.7 Å². The largest absolute Gasteiger partial charge is 0.368 e. The zero-order chi connectivity index (χ0) is 27.2. The molecule has 9 heteroatoms. The molecule has 3 atom stereocenters. The van der Waals surface area contributed by atoms with Crippen molar-refractivity contribution in [2.75, 3.05) is 7.11 Å². The summed E-state index contributed by atoms with van der Waals surface area (Å²) < 4.78 is 18.3. The topological polar surface area (TPSA) is 101 Å². The Balaban J connectivity index is 1.74. The van der Waals surface area contributed by atoms with Crippen LogP contribution in [0.3, 0.4) is 0 Å². The van der Waals surface area contributed by atoms with Gasteiger partial charge in [0.15, 0.2) is 6.29 Å². The lowest BCUT2D eigenvalue weighted by Gasteiger charge is -2.30. The third-order valence-corrected chi connectivity index (χ3v) is 7.05. The summed E-state index contributed by atoms with van der Waals surface area (Å²) in [5.74, 6) is -1.59. The van der Waals surface area contributed by atoms with Crippen molar-refractivity contribution in [1.29, 1.82) is 0 Å². The second kappa shape index (κ2) is 12.4. The number of amides is 2. The number of aromatic nitrogens is 1. The quantitative estimate of drug-likeness (QED) is 0.319. The fourth-order valence-corrected chi connectivity index (χ4v) is 4.79. The molecule has 0 saturated heterocycles. The first-order chi connectivity index (χ1) is 17.5. The number of aliphatic hydroxyl groups excluding tert-OH is 1. The number of halogens is 1. The fourth-order valence-electron chi connectivity index (χ4n) is 3.97. The number of nitrogens with one attached hydrogen (secondary N) is 2. The van der Waals surface area contributed by atoms with Crippen molar-refractivity contribution in [3.8, 4) is 10.6 Å². The maximum absolute atomic E-state index is 13.4. The minimum atomic E-state index is -1.08. The third-order valence-electron chi connectivity index (χ3n) is 6.01. The monoisotopic (exact) mass is 527 g/mol. The summed E-state index contributed by atoms with van der Waals surface area (Å²) in [6.45, 7) is 7.62. The number of carbonyl (C=O) groups is 2. The molecule has 3 rings (SSSR count). The highest BCUT2D eigenvalue weighted by Crippen LogP contribution is 2.26. The molecule has 1 heterocycles. The molecule has 2 aromatic carbocycles. The number of carbonyl (C=O) groups excluding carboxylic acids is 2. The zero-order valence-corrected chi connectivity index (χ0v) is 22.6. The summed E-state index contributed by atoms with van der Waals surface area (Å²) in [5.41, 5.74) is 2.34. The van der Waals surface area contributed by atoms with Gasteiger partial charge in [0, 0.05) is 24.1 Å². The highest BCUT2D eigenvalue weighted by Gasteiger charge is 2.31. The highest BCUT2D eigenvalue weighted by molar-refractivity contribution is 7.16. The summed E-state index contributed by atoms with van der Waals surface area (Å²) in [4.78, 5) is 31.1. The van der Waals surface area contributed by atoms with Crippen LogP contribution < -0.4 is 10.6 Å². The van der Waals surface area contributed by atoms with Gasteiger partial charge in [0.1, 0.15) is 21.7 Å². The van der Waals surface area contributed by atoms with Crippen molar-refractivity contribution >= 4 is 23.2 Å². The Bertz CT molecular complexity index is 1190. The average Bonchev–Trinajstić information content (AvgIpc) is 3.35. The average molecular weight is 528 g/mol. The zero-order valence-electron chi connectivity index (χ0n) is 21.7. The number of aliphatic hydroxyl groups is 1. The van der Waals surface area contributed by atoms with Crippen LogP contribution >= 0.6 is 11.3 Å². The van der Waals surface area contributed by atoms with Gasteiger partial charge in [-0.25, -0.2) is 9.37 Å². The number of hydrogen-bond donors (Lipinski definition) is 3. The normalized spacial score (nSPS) is 14.0. The van der Waals surface area contributed by atoms with E-state index in [-0.39, 0.29) is 18.1 Å². The molecule has 3 aromatic rings. The van der Waals surface area contributed by atoms with E-state index in [1.165, 1.54) is 25.4 Å². The van der Waals surface area contributed by atoms with E-state index in [0.29, 0.717) is 21.9 Å². The van der Waals surface area contributed by atoms with Crippen molar-refractivity contribution in [3.63, 3.8) is 0 Å². The van der Waals surface area contributed by atoms with Crippen LogP contribution in [-0.4, -0.2) is 46.9 Å². The van der Waals surface area contributed by atoms with Gasteiger partial charge in [-0.3, -0.25) is 9.59 Å². The Morgan fingerprint density at radius 1 is 1.14 bits per heavy atom. The summed E-state index contributed by atoms with van der Waals surface area (Å²) in [5, 5.41) is 16.5. The number of methoxy groups -OCH3 is 1. The lowest BCUT2D eigenvalue weighted by Crippen LogP contribution is -2.54. The van der Waals surface area contributed by atoms with Gasteiger partial charge >= 0.3 is 0 Å². The molecule has 2 amide bonds. The standard InChI is InChI=1S/C28H34FN3O4S/c1-17-6-8-19(9-7-17)15-28(3,4)32-24(33)22(14-18(2)27(35)36-5)31-25(34)23-16-30-26(37-23)20-10-12-21(29)13-11-20/h6-13,16,18,22,27,35H,14-15H2,1-5H3,(H,31,34)(H,32,33). The Morgan fingerprint density at radius 3 is 2.41 bits per heavy atom. The molecule has 3 unspecified atom stereocenters. The third kappa shape index (κ3) is 8.18. The number of hydrogen-bond acceptors (Lipinski definition) is 6. The van der Waals surface area contributed by atoms with Crippen LogP contribution in [0.4, 0.5) is 4.39 Å². The predicted molar refractivity (Wildman–Crippen MR) is 143 cm³/mol. The van der Waals surface area contributed by atoms with E-state index >= 15 is 0 Å². The van der Waals surface area contributed by atoms with E-state index in [1.807, 2.05) is 45.0 Å². The number of ether oxygens (including phenoxy) is 1. The molecule has 7 nitrogen and oxygen atoms in total. The molecule has 0 saturated carbocycles. The number of aryl methyl sites for hydroxylation is 1. The van der Waals surface area contributed by atoms with E-state index in [2.05, 4.69) is 15.6 Å². The number of thiazole rings is 1. The Kier molecular flexibility index (Phi) is 9.53. The van der Waals surface area contributed by atoms with Gasteiger partial charge in [-0.15, -0.1) is 11.3 Å². The van der Waals surface area contributed by atoms with E-state index in [1.54, 1.807) is 19.1 Å². The van der Waals surface area contributed by atoms with Crippen molar-refractivity contribution < 1.29 is 23.8 Å². The molecule has 0 radical (unpaired) electrons. The van der Waals surface area contributed by atoms with Gasteiger partial charge in [-0.2, -0.15) is 0 Å². The number of rotatable bonds is 11. The van der Waals surface area contributed by atoms with Crippen LogP contribution in [-0.2, 0) is 16.0 Å². The summed E-state index contributed by atoms with van der Waals surface area (Å²) in [7, 11) is 1.38. The first-order valence-electron chi connectivity index (χ1n) is 12.1. The minimum absolute atomic E-state index is 0.164. The van der Waals surface area contributed by atoms with Crippen LogP contribution in [0.15, 0.2) is 54.7 Å². The van der Waals surface area contributed by atoms with E-state index in [4.69, 9.17) is 4.74 Å². The fraction of sp³-hybridized carbons (Fsp3) is 0.393. The molecule has 3 N–H and O–H groups in total. The van der Waals surface area contributed by atoms with Gasteiger partial charge in [0.05, 0.1) is 6.20 Å². The molecule has 0 aliphatic carbocycles. The number of benzene rings is 2. The van der Waals surface area contributed by atoms with E-state index in [9.17, 15) is 19.1 Å². The molecule has 0 aliphatic rings. The lowest BCUT2D eigenvalue weighted by molar-refractivity contribution is -0.128. The van der Waals surface area contributed by atoms with E-state index in [0.717, 1.165) is 22.5 Å². The predicted octanol–water partition coefficient (Wildman–Crippen LogP) is 4.48. The molecular formula is C28H34FN3O4S. The van der Waals surface area contributed by atoms with Gasteiger partial charge in [-0.05, 0) is 63.4 Å². The molecule has 0 spiro atoms.